The molecule has 3 aliphatic heterocycles. The second-order valence-corrected chi connectivity index (χ2v) is 11.4. The summed E-state index contributed by atoms with van der Waals surface area (Å²) in [6.07, 6.45) is 6.77. The van der Waals surface area contributed by atoms with Crippen LogP contribution in [0.2, 0.25) is 0 Å². The van der Waals surface area contributed by atoms with Gasteiger partial charge in [0.15, 0.2) is 11.5 Å². The number of carbonyl (C=O) groups is 1. The van der Waals surface area contributed by atoms with E-state index in [4.69, 9.17) is 18.9 Å². The van der Waals surface area contributed by atoms with E-state index < -0.39 is 0 Å². The average molecular weight is 456 g/mol. The first kappa shape index (κ1) is 21.7. The van der Waals surface area contributed by atoms with E-state index in [0.29, 0.717) is 11.8 Å². The normalized spacial score (nSPS) is 41.7. The Morgan fingerprint density at radius 3 is 2.67 bits per heavy atom. The standard InChI is InChI=1S/C27H37NO5/c1-16-18-11-22(31-4)21(30-3)10-17(18)6-9-28(16)14-20-19-12-24-26(2,13-23(19)33-25(20)29)7-5-8-27(24)15-32-27/h10-11,16,19-20,23-24H,5-9,12-15H2,1-4H3/t16-,19+,20-,23+,24-,26+,27+/m0/s1. The fourth-order valence-electron chi connectivity index (χ4n) is 7.86. The molecule has 0 aromatic heterocycles. The Morgan fingerprint density at radius 2 is 1.94 bits per heavy atom. The summed E-state index contributed by atoms with van der Waals surface area (Å²) in [5.74, 6) is 2.41. The summed E-state index contributed by atoms with van der Waals surface area (Å²) in [5.41, 5.74) is 2.93. The van der Waals surface area contributed by atoms with Crippen molar-refractivity contribution in [3.8, 4) is 11.5 Å². The molecule has 0 bridgehead atoms. The van der Waals surface area contributed by atoms with Crippen LogP contribution in [0.25, 0.3) is 0 Å². The second kappa shape index (κ2) is 7.61. The van der Waals surface area contributed by atoms with Crippen LogP contribution in [-0.4, -0.2) is 56.5 Å². The zero-order chi connectivity index (χ0) is 23.0. The molecule has 1 aromatic rings. The Labute approximate surface area is 196 Å². The monoisotopic (exact) mass is 455 g/mol. The minimum absolute atomic E-state index is 0.0170. The van der Waals surface area contributed by atoms with Crippen molar-refractivity contribution in [1.82, 2.24) is 4.90 Å². The van der Waals surface area contributed by atoms with Gasteiger partial charge in [0, 0.05) is 25.0 Å². The van der Waals surface area contributed by atoms with Crippen molar-refractivity contribution in [3.63, 3.8) is 0 Å². The quantitative estimate of drug-likeness (QED) is 0.502. The molecule has 0 unspecified atom stereocenters. The molecule has 1 aromatic carbocycles. The van der Waals surface area contributed by atoms with E-state index in [-0.39, 0.29) is 35.0 Å². The first-order chi connectivity index (χ1) is 15.9. The van der Waals surface area contributed by atoms with Crippen LogP contribution in [0.4, 0.5) is 0 Å². The maximum atomic E-state index is 13.1. The summed E-state index contributed by atoms with van der Waals surface area (Å²) in [6, 6.07) is 4.45. The van der Waals surface area contributed by atoms with Crippen molar-refractivity contribution in [2.45, 2.75) is 70.1 Å². The van der Waals surface area contributed by atoms with Crippen LogP contribution in [0.5, 0.6) is 11.5 Å². The lowest BCUT2D eigenvalue weighted by atomic mass is 9.53. The number of carbonyl (C=O) groups excluding carboxylic acids is 1. The smallest absolute Gasteiger partial charge is 0.310 e. The number of hydrogen-bond donors (Lipinski definition) is 0. The van der Waals surface area contributed by atoms with E-state index in [1.54, 1.807) is 14.2 Å². The number of methoxy groups -OCH3 is 2. The van der Waals surface area contributed by atoms with Crippen molar-refractivity contribution in [3.05, 3.63) is 23.3 Å². The molecule has 2 saturated heterocycles. The molecular weight excluding hydrogens is 418 g/mol. The number of rotatable bonds is 4. The van der Waals surface area contributed by atoms with Crippen molar-refractivity contribution in [1.29, 1.82) is 0 Å². The minimum atomic E-state index is -0.0404. The maximum absolute atomic E-state index is 13.1. The van der Waals surface area contributed by atoms with Crippen LogP contribution in [0.1, 0.15) is 63.1 Å². The van der Waals surface area contributed by atoms with Gasteiger partial charge in [0.1, 0.15) is 6.10 Å². The summed E-state index contributed by atoms with van der Waals surface area (Å²) < 4.78 is 23.2. The predicted octanol–water partition coefficient (Wildman–Crippen LogP) is 4.15. The van der Waals surface area contributed by atoms with E-state index in [0.717, 1.165) is 50.5 Å². The van der Waals surface area contributed by atoms with E-state index in [1.807, 2.05) is 0 Å². The second-order valence-electron chi connectivity index (χ2n) is 11.4. The third-order valence-corrected chi connectivity index (χ3v) is 9.82. The van der Waals surface area contributed by atoms with E-state index in [9.17, 15) is 4.79 Å². The highest BCUT2D eigenvalue weighted by molar-refractivity contribution is 5.75. The predicted molar refractivity (Wildman–Crippen MR) is 123 cm³/mol. The summed E-state index contributed by atoms with van der Waals surface area (Å²) in [6.45, 7) is 7.29. The van der Waals surface area contributed by atoms with E-state index in [1.165, 1.54) is 30.4 Å². The first-order valence-corrected chi connectivity index (χ1v) is 12.7. The molecule has 6 nitrogen and oxygen atoms in total. The Balaban J connectivity index is 1.22. The molecule has 4 fully saturated rings. The van der Waals surface area contributed by atoms with Gasteiger partial charge in [0.2, 0.25) is 0 Å². The molecule has 0 radical (unpaired) electrons. The molecule has 7 atom stereocenters. The van der Waals surface area contributed by atoms with E-state index in [2.05, 4.69) is 30.9 Å². The highest BCUT2D eigenvalue weighted by atomic mass is 16.6. The number of ether oxygens (including phenoxy) is 4. The highest BCUT2D eigenvalue weighted by Gasteiger charge is 2.65. The van der Waals surface area contributed by atoms with Crippen LogP contribution in [0, 0.1) is 23.2 Å². The van der Waals surface area contributed by atoms with Crippen molar-refractivity contribution < 1.29 is 23.7 Å². The maximum Gasteiger partial charge on any atom is 0.310 e. The molecule has 33 heavy (non-hydrogen) atoms. The lowest BCUT2D eigenvalue weighted by Crippen LogP contribution is -2.51. The molecule has 6 rings (SSSR count). The molecule has 180 valence electrons. The lowest BCUT2D eigenvalue weighted by Gasteiger charge is -2.51. The molecular formula is C27H37NO5. The molecule has 5 aliphatic rings. The van der Waals surface area contributed by atoms with Gasteiger partial charge in [0.25, 0.3) is 0 Å². The zero-order valence-electron chi connectivity index (χ0n) is 20.4. The van der Waals surface area contributed by atoms with Crippen LogP contribution >= 0.6 is 0 Å². The van der Waals surface area contributed by atoms with Crippen molar-refractivity contribution in [2.75, 3.05) is 33.9 Å². The molecule has 6 heteroatoms. The minimum Gasteiger partial charge on any atom is -0.493 e. The molecule has 0 amide bonds. The number of fused-ring (bicyclic) bond motifs is 4. The van der Waals surface area contributed by atoms with Gasteiger partial charge in [-0.05, 0) is 80.0 Å². The third-order valence-electron chi connectivity index (χ3n) is 9.82. The van der Waals surface area contributed by atoms with Crippen molar-refractivity contribution >= 4 is 5.97 Å². The van der Waals surface area contributed by atoms with Crippen LogP contribution in [0.15, 0.2) is 12.1 Å². The van der Waals surface area contributed by atoms with Gasteiger partial charge in [-0.15, -0.1) is 0 Å². The number of epoxide rings is 1. The van der Waals surface area contributed by atoms with Crippen molar-refractivity contribution in [2.24, 2.45) is 23.2 Å². The average Bonchev–Trinajstić information content (AvgIpc) is 3.51. The first-order valence-electron chi connectivity index (χ1n) is 12.7. The highest BCUT2D eigenvalue weighted by Crippen LogP contribution is 2.63. The molecule has 2 aliphatic carbocycles. The molecule has 2 saturated carbocycles. The summed E-state index contributed by atoms with van der Waals surface area (Å²) in [7, 11) is 3.37. The van der Waals surface area contributed by atoms with Crippen LogP contribution in [-0.2, 0) is 20.7 Å². The molecule has 3 heterocycles. The summed E-state index contributed by atoms with van der Waals surface area (Å²) >= 11 is 0. The van der Waals surface area contributed by atoms with Gasteiger partial charge in [-0.1, -0.05) is 6.92 Å². The van der Waals surface area contributed by atoms with Crippen LogP contribution < -0.4 is 9.47 Å². The van der Waals surface area contributed by atoms with Gasteiger partial charge in [-0.2, -0.15) is 0 Å². The van der Waals surface area contributed by atoms with Crippen LogP contribution in [0.3, 0.4) is 0 Å². The molecule has 1 spiro atoms. The topological polar surface area (TPSA) is 60.5 Å². The number of esters is 1. The van der Waals surface area contributed by atoms with E-state index >= 15 is 0 Å². The Morgan fingerprint density at radius 1 is 1.18 bits per heavy atom. The largest absolute Gasteiger partial charge is 0.493 e. The zero-order valence-corrected chi connectivity index (χ0v) is 20.4. The van der Waals surface area contributed by atoms with Gasteiger partial charge in [-0.3, -0.25) is 9.69 Å². The number of nitrogens with zero attached hydrogens (tertiary/aromatic N) is 1. The van der Waals surface area contributed by atoms with Gasteiger partial charge >= 0.3 is 5.97 Å². The SMILES string of the molecule is COc1cc2c(cc1OC)[C@H](C)N(C[C@@H]1C(=O)O[C@@H]3C[C@@]4(C)CCC[C@@]5(CO5)[C@H]4C[C@H]13)CC2. The fourth-order valence-corrected chi connectivity index (χ4v) is 7.86. The van der Waals surface area contributed by atoms with Gasteiger partial charge in [0.05, 0.1) is 32.3 Å². The Bertz CT molecular complexity index is 958. The summed E-state index contributed by atoms with van der Waals surface area (Å²) in [4.78, 5) is 15.6. The third kappa shape index (κ3) is 3.31. The van der Waals surface area contributed by atoms with Gasteiger partial charge in [-0.25, -0.2) is 0 Å². The van der Waals surface area contributed by atoms with Gasteiger partial charge < -0.3 is 18.9 Å². The Hall–Kier alpha value is -1.79. The molecule has 0 N–H and O–H groups in total. The number of hydrogen-bond acceptors (Lipinski definition) is 6. The Kier molecular flexibility index (Phi) is 5.01. The lowest BCUT2D eigenvalue weighted by molar-refractivity contribution is -0.147. The number of benzene rings is 1. The fraction of sp³-hybridized carbons (Fsp3) is 0.741. The summed E-state index contributed by atoms with van der Waals surface area (Å²) in [5, 5.41) is 0.